The summed E-state index contributed by atoms with van der Waals surface area (Å²) in [6.45, 7) is 4.86. The van der Waals surface area contributed by atoms with Crippen molar-refractivity contribution in [3.8, 4) is 0 Å². The number of aromatic amines is 1. The van der Waals surface area contributed by atoms with E-state index >= 15 is 0 Å². The van der Waals surface area contributed by atoms with Crippen LogP contribution in [0.5, 0.6) is 0 Å². The first-order valence-electron chi connectivity index (χ1n) is 7.10. The predicted molar refractivity (Wildman–Crippen MR) is 85.6 cm³/mol. The summed E-state index contributed by atoms with van der Waals surface area (Å²) < 4.78 is 4.92. The predicted octanol–water partition coefficient (Wildman–Crippen LogP) is 2.63. The van der Waals surface area contributed by atoms with Crippen LogP contribution in [-0.4, -0.2) is 29.3 Å². The zero-order valence-electron chi connectivity index (χ0n) is 13.2. The van der Waals surface area contributed by atoms with Gasteiger partial charge in [-0.25, -0.2) is 4.79 Å². The molecule has 6 heteroatoms. The van der Waals surface area contributed by atoms with E-state index in [2.05, 4.69) is 10.3 Å². The maximum atomic E-state index is 11.8. The van der Waals surface area contributed by atoms with E-state index in [1.54, 1.807) is 0 Å². The molecule has 0 unspecified atom stereocenters. The lowest BCUT2D eigenvalue weighted by Gasteiger charge is -2.08. The lowest BCUT2D eigenvalue weighted by molar-refractivity contribution is -0.119. The van der Waals surface area contributed by atoms with Gasteiger partial charge in [-0.1, -0.05) is 6.07 Å². The second kappa shape index (κ2) is 6.91. The van der Waals surface area contributed by atoms with Crippen molar-refractivity contribution in [2.45, 2.75) is 20.8 Å². The normalized spacial score (nSPS) is 10.2. The van der Waals surface area contributed by atoms with Crippen molar-refractivity contribution in [2.75, 3.05) is 11.9 Å². The van der Waals surface area contributed by atoms with E-state index in [0.717, 1.165) is 11.1 Å². The lowest BCUT2D eigenvalue weighted by Crippen LogP contribution is -2.21. The van der Waals surface area contributed by atoms with E-state index in [4.69, 9.17) is 4.74 Å². The topological polar surface area (TPSA) is 88.3 Å². The Hall–Kier alpha value is -2.89. The van der Waals surface area contributed by atoms with Crippen molar-refractivity contribution >= 4 is 23.3 Å². The number of Topliss-reactive ketones (excluding diaryl/α,β-unsaturated/α-hetero) is 1. The van der Waals surface area contributed by atoms with Gasteiger partial charge < -0.3 is 15.0 Å². The molecular formula is C17H18N2O4. The quantitative estimate of drug-likeness (QED) is 0.656. The molecular weight excluding hydrogens is 296 g/mol. The first kappa shape index (κ1) is 16.5. The molecule has 0 bridgehead atoms. The highest BCUT2D eigenvalue weighted by Crippen LogP contribution is 2.13. The van der Waals surface area contributed by atoms with Crippen LogP contribution in [0.1, 0.15) is 38.9 Å². The summed E-state index contributed by atoms with van der Waals surface area (Å²) in [5.41, 5.74) is 3.23. The number of ether oxygens (including phenoxy) is 1. The third-order valence-electron chi connectivity index (χ3n) is 3.15. The molecule has 0 aliphatic heterocycles. The third kappa shape index (κ3) is 4.54. The highest BCUT2D eigenvalue weighted by atomic mass is 16.5. The molecule has 0 aliphatic rings. The molecule has 1 heterocycles. The number of H-pyrrole nitrogens is 1. The number of hydrogen-bond donors (Lipinski definition) is 2. The minimum atomic E-state index is -0.687. The third-order valence-corrected chi connectivity index (χ3v) is 3.15. The minimum Gasteiger partial charge on any atom is -0.451 e. The Morgan fingerprint density at radius 3 is 2.30 bits per heavy atom. The lowest BCUT2D eigenvalue weighted by atomic mass is 10.1. The first-order chi connectivity index (χ1) is 10.8. The number of anilines is 1. The second-order valence-electron chi connectivity index (χ2n) is 5.36. The average molecular weight is 314 g/mol. The van der Waals surface area contributed by atoms with E-state index in [1.165, 1.54) is 19.2 Å². The number of rotatable bonds is 5. The standard InChI is InChI=1S/C17H18N2O4/c1-10-4-11(2)6-14(5-10)19-16(21)9-23-17(22)15-7-13(8-18-15)12(3)20/h4-8,18H,9H2,1-3H3,(H,19,21). The molecule has 1 aromatic heterocycles. The summed E-state index contributed by atoms with van der Waals surface area (Å²) in [5.74, 6) is -1.28. The van der Waals surface area contributed by atoms with Gasteiger partial charge in [0, 0.05) is 17.4 Å². The van der Waals surface area contributed by atoms with Gasteiger partial charge in [0.15, 0.2) is 12.4 Å². The van der Waals surface area contributed by atoms with Gasteiger partial charge in [-0.15, -0.1) is 0 Å². The van der Waals surface area contributed by atoms with E-state index < -0.39 is 18.5 Å². The Morgan fingerprint density at radius 2 is 1.74 bits per heavy atom. The fraction of sp³-hybridized carbons (Fsp3) is 0.235. The molecule has 0 fully saturated rings. The van der Waals surface area contributed by atoms with Crippen molar-refractivity contribution in [1.29, 1.82) is 0 Å². The summed E-state index contributed by atoms with van der Waals surface area (Å²) in [5, 5.41) is 2.67. The minimum absolute atomic E-state index is 0.134. The number of benzene rings is 1. The Bertz CT molecular complexity index is 741. The van der Waals surface area contributed by atoms with E-state index in [1.807, 2.05) is 32.0 Å². The van der Waals surface area contributed by atoms with Gasteiger partial charge in [0.2, 0.25) is 0 Å². The van der Waals surface area contributed by atoms with Gasteiger partial charge in [0.1, 0.15) is 5.69 Å². The summed E-state index contributed by atoms with van der Waals surface area (Å²) >= 11 is 0. The Balaban J connectivity index is 1.90. The molecule has 0 radical (unpaired) electrons. The maximum Gasteiger partial charge on any atom is 0.355 e. The van der Waals surface area contributed by atoms with Crippen LogP contribution in [0.4, 0.5) is 5.69 Å². The van der Waals surface area contributed by atoms with Crippen LogP contribution in [-0.2, 0) is 9.53 Å². The van der Waals surface area contributed by atoms with Crippen LogP contribution < -0.4 is 5.32 Å². The van der Waals surface area contributed by atoms with E-state index in [0.29, 0.717) is 11.3 Å². The summed E-state index contributed by atoms with van der Waals surface area (Å²) in [4.78, 5) is 37.5. The van der Waals surface area contributed by atoms with Crippen molar-refractivity contribution in [3.63, 3.8) is 0 Å². The van der Waals surface area contributed by atoms with Gasteiger partial charge in [-0.3, -0.25) is 9.59 Å². The van der Waals surface area contributed by atoms with Crippen molar-refractivity contribution < 1.29 is 19.1 Å². The molecule has 2 rings (SSSR count). The Labute approximate surface area is 133 Å². The molecule has 0 spiro atoms. The molecule has 0 aliphatic carbocycles. The number of carbonyl (C=O) groups is 3. The number of esters is 1. The molecule has 23 heavy (non-hydrogen) atoms. The van der Waals surface area contributed by atoms with Crippen molar-refractivity contribution in [2.24, 2.45) is 0 Å². The number of nitrogens with one attached hydrogen (secondary N) is 2. The first-order valence-corrected chi connectivity index (χ1v) is 7.10. The van der Waals surface area contributed by atoms with Crippen LogP contribution in [0.3, 0.4) is 0 Å². The van der Waals surface area contributed by atoms with E-state index in [9.17, 15) is 14.4 Å². The summed E-state index contributed by atoms with van der Waals surface area (Å²) in [7, 11) is 0. The molecule has 0 atom stereocenters. The molecule has 0 saturated heterocycles. The molecule has 0 saturated carbocycles. The highest BCUT2D eigenvalue weighted by molar-refractivity contribution is 5.98. The van der Waals surface area contributed by atoms with Gasteiger partial charge in [0.25, 0.3) is 5.91 Å². The fourth-order valence-corrected chi connectivity index (χ4v) is 2.17. The zero-order chi connectivity index (χ0) is 17.0. The second-order valence-corrected chi connectivity index (χ2v) is 5.36. The summed E-state index contributed by atoms with van der Waals surface area (Å²) in [6.07, 6.45) is 1.43. The molecule has 2 N–H and O–H groups in total. The van der Waals surface area contributed by atoms with Crippen LogP contribution in [0.25, 0.3) is 0 Å². The van der Waals surface area contributed by atoms with Crippen molar-refractivity contribution in [1.82, 2.24) is 4.98 Å². The zero-order valence-corrected chi connectivity index (χ0v) is 13.2. The Kier molecular flexibility index (Phi) is 4.95. The number of hydrogen-bond acceptors (Lipinski definition) is 4. The Morgan fingerprint density at radius 1 is 1.09 bits per heavy atom. The van der Waals surface area contributed by atoms with Gasteiger partial charge >= 0.3 is 5.97 Å². The van der Waals surface area contributed by atoms with E-state index in [-0.39, 0.29) is 11.5 Å². The number of aromatic nitrogens is 1. The molecule has 2 aromatic rings. The molecule has 6 nitrogen and oxygen atoms in total. The average Bonchev–Trinajstić information content (AvgIpc) is 2.93. The van der Waals surface area contributed by atoms with Crippen LogP contribution in [0, 0.1) is 13.8 Å². The highest BCUT2D eigenvalue weighted by Gasteiger charge is 2.14. The summed E-state index contributed by atoms with van der Waals surface area (Å²) in [6, 6.07) is 7.05. The monoisotopic (exact) mass is 314 g/mol. The number of amides is 1. The van der Waals surface area contributed by atoms with Crippen LogP contribution >= 0.6 is 0 Å². The van der Waals surface area contributed by atoms with Gasteiger partial charge in [-0.05, 0) is 50.1 Å². The molecule has 1 amide bonds. The maximum absolute atomic E-state index is 11.8. The van der Waals surface area contributed by atoms with Gasteiger partial charge in [-0.2, -0.15) is 0 Å². The SMILES string of the molecule is CC(=O)c1c[nH]c(C(=O)OCC(=O)Nc2cc(C)cc(C)c2)c1. The smallest absolute Gasteiger partial charge is 0.355 e. The number of aryl methyl sites for hydroxylation is 2. The van der Waals surface area contributed by atoms with Crippen LogP contribution in [0.2, 0.25) is 0 Å². The number of carbonyl (C=O) groups excluding carboxylic acids is 3. The van der Waals surface area contributed by atoms with Crippen LogP contribution in [0.15, 0.2) is 30.5 Å². The number of ketones is 1. The fourth-order valence-electron chi connectivity index (χ4n) is 2.17. The van der Waals surface area contributed by atoms with Crippen molar-refractivity contribution in [3.05, 3.63) is 52.8 Å². The molecule has 120 valence electrons. The molecule has 1 aromatic carbocycles. The van der Waals surface area contributed by atoms with Gasteiger partial charge in [0.05, 0.1) is 0 Å². The largest absolute Gasteiger partial charge is 0.451 e.